The van der Waals surface area contributed by atoms with Crippen molar-refractivity contribution in [3.63, 3.8) is 0 Å². The first-order chi connectivity index (χ1) is 15.9. The average Bonchev–Trinajstić information content (AvgIpc) is 3.10. The van der Waals surface area contributed by atoms with Gasteiger partial charge in [0.25, 0.3) is 0 Å². The Morgan fingerprint density at radius 1 is 1.21 bits per heavy atom. The van der Waals surface area contributed by atoms with E-state index >= 15 is 0 Å². The van der Waals surface area contributed by atoms with Crippen LogP contribution in [0.2, 0.25) is 0 Å². The van der Waals surface area contributed by atoms with Crippen molar-refractivity contribution in [2.75, 3.05) is 16.8 Å². The molecule has 0 spiro atoms. The van der Waals surface area contributed by atoms with Crippen LogP contribution in [0, 0.1) is 11.6 Å². The molecule has 34 heavy (non-hydrogen) atoms. The monoisotopic (exact) mass is 486 g/mol. The lowest BCUT2D eigenvalue weighted by atomic mass is 10.1. The Bertz CT molecular complexity index is 1030. The van der Waals surface area contributed by atoms with Crippen LogP contribution in [-0.4, -0.2) is 47.0 Å². The Hall–Kier alpha value is -3.15. The second kappa shape index (κ2) is 10.00. The molecule has 186 valence electrons. The molecule has 1 aromatic carbocycles. The van der Waals surface area contributed by atoms with E-state index in [-0.39, 0.29) is 18.4 Å². The van der Waals surface area contributed by atoms with Crippen LogP contribution in [0.25, 0.3) is 0 Å². The third kappa shape index (κ3) is 6.04. The first kappa shape index (κ1) is 25.5. The van der Waals surface area contributed by atoms with Crippen molar-refractivity contribution < 1.29 is 36.6 Å². The second-order valence-electron chi connectivity index (χ2n) is 8.75. The molecule has 1 unspecified atom stereocenters. The Morgan fingerprint density at radius 2 is 1.91 bits per heavy atom. The van der Waals surface area contributed by atoms with Crippen molar-refractivity contribution in [3.8, 4) is 5.75 Å². The zero-order valence-electron chi connectivity index (χ0n) is 19.3. The fourth-order valence-electron chi connectivity index (χ4n) is 3.51. The van der Waals surface area contributed by atoms with Crippen molar-refractivity contribution in [1.29, 1.82) is 0 Å². The molecule has 1 fully saturated rings. The number of carbonyl (C=O) groups excluding carboxylic acids is 1. The van der Waals surface area contributed by atoms with E-state index in [0.717, 1.165) is 23.2 Å². The fourth-order valence-corrected chi connectivity index (χ4v) is 3.51. The van der Waals surface area contributed by atoms with Gasteiger partial charge < -0.3 is 19.5 Å². The molecule has 2 aromatic rings. The zero-order valence-corrected chi connectivity index (χ0v) is 19.3. The molecule has 0 aliphatic carbocycles. The molecular formula is C22H26F4N4O4. The van der Waals surface area contributed by atoms with Gasteiger partial charge in [0, 0.05) is 0 Å². The number of amides is 1. The number of aromatic nitrogens is 2. The van der Waals surface area contributed by atoms with E-state index in [1.807, 2.05) is 20.8 Å². The van der Waals surface area contributed by atoms with Crippen LogP contribution in [-0.2, 0) is 9.47 Å². The minimum atomic E-state index is -3.15. The van der Waals surface area contributed by atoms with E-state index in [9.17, 15) is 22.4 Å². The molecule has 8 nitrogen and oxygen atoms in total. The lowest BCUT2D eigenvalue weighted by Gasteiger charge is -2.31. The molecule has 0 saturated carbocycles. The molecule has 1 N–H and O–H groups in total. The summed E-state index contributed by atoms with van der Waals surface area (Å²) in [7, 11) is 0. The Kier molecular flexibility index (Phi) is 7.49. The minimum absolute atomic E-state index is 0.00893. The van der Waals surface area contributed by atoms with Crippen LogP contribution >= 0.6 is 0 Å². The van der Waals surface area contributed by atoms with Gasteiger partial charge in [0.15, 0.2) is 23.2 Å². The number of halogens is 4. The number of nitrogens with one attached hydrogen (secondary N) is 1. The van der Waals surface area contributed by atoms with Crippen molar-refractivity contribution in [3.05, 3.63) is 41.6 Å². The highest BCUT2D eigenvalue weighted by Crippen LogP contribution is 2.30. The normalized spacial score (nSPS) is 18.1. The molecule has 1 aliphatic rings. The molecule has 1 saturated heterocycles. The number of nitrogens with zero attached hydrogens (tertiary/aromatic N) is 3. The third-order valence-electron chi connectivity index (χ3n) is 4.96. The maximum Gasteiger partial charge on any atom is 0.416 e. The van der Waals surface area contributed by atoms with E-state index in [1.165, 1.54) is 6.07 Å². The number of benzene rings is 1. The molecular weight excluding hydrogens is 460 g/mol. The molecule has 0 radical (unpaired) electrons. The third-order valence-corrected chi connectivity index (χ3v) is 4.96. The number of hydrogen-bond donors (Lipinski definition) is 1. The van der Waals surface area contributed by atoms with Crippen LogP contribution in [0.1, 0.15) is 46.2 Å². The topological polar surface area (TPSA) is 85.8 Å². The summed E-state index contributed by atoms with van der Waals surface area (Å²) >= 11 is 0. The van der Waals surface area contributed by atoms with Gasteiger partial charge in [0.05, 0.1) is 23.9 Å². The quantitative estimate of drug-likeness (QED) is 0.522. The van der Waals surface area contributed by atoms with Gasteiger partial charge in [0.1, 0.15) is 12.6 Å². The van der Waals surface area contributed by atoms with Crippen LogP contribution in [0.4, 0.5) is 34.1 Å². The maximum atomic E-state index is 14.7. The second-order valence-corrected chi connectivity index (χ2v) is 8.75. The first-order valence-corrected chi connectivity index (χ1v) is 10.5. The molecule has 3 atom stereocenters. The molecule has 2 heterocycles. The number of anilines is 2. The van der Waals surface area contributed by atoms with Crippen LogP contribution in [0.5, 0.6) is 5.75 Å². The summed E-state index contributed by atoms with van der Waals surface area (Å²) in [5.41, 5.74) is -0.131. The van der Waals surface area contributed by atoms with E-state index in [4.69, 9.17) is 9.47 Å². The molecule has 3 rings (SSSR count). The Labute approximate surface area is 194 Å². The predicted octanol–water partition coefficient (Wildman–Crippen LogP) is 5.06. The lowest BCUT2D eigenvalue weighted by molar-refractivity contribution is -0.0619. The summed E-state index contributed by atoms with van der Waals surface area (Å²) in [5.74, 6) is -2.74. The number of hydrogen-bond acceptors (Lipinski definition) is 7. The smallest absolute Gasteiger partial charge is 0.416 e. The van der Waals surface area contributed by atoms with Crippen molar-refractivity contribution in [1.82, 2.24) is 9.97 Å². The minimum Gasteiger partial charge on any atom is -0.447 e. The summed E-state index contributed by atoms with van der Waals surface area (Å²) in [6.45, 7) is 5.80. The van der Waals surface area contributed by atoms with Gasteiger partial charge in [0.2, 0.25) is 5.95 Å². The predicted molar refractivity (Wildman–Crippen MR) is 115 cm³/mol. The van der Waals surface area contributed by atoms with Gasteiger partial charge in [-0.05, 0) is 52.3 Å². The molecule has 0 bridgehead atoms. The molecule has 1 amide bonds. The molecule has 1 aromatic heterocycles. The maximum absolute atomic E-state index is 14.7. The van der Waals surface area contributed by atoms with Gasteiger partial charge in [-0.1, -0.05) is 6.07 Å². The molecule has 12 heteroatoms. The number of ether oxygens (including phenoxy) is 3. The van der Waals surface area contributed by atoms with E-state index in [1.54, 1.807) is 13.8 Å². The van der Waals surface area contributed by atoms with Crippen LogP contribution < -0.4 is 15.0 Å². The summed E-state index contributed by atoms with van der Waals surface area (Å²) in [6, 6.07) is 2.27. The largest absolute Gasteiger partial charge is 0.447 e. The number of carbonyl (C=O) groups is 1. The van der Waals surface area contributed by atoms with Gasteiger partial charge in [-0.3, -0.25) is 0 Å². The SMILES string of the molecule is C[C@H](Nc1ncc(F)c(N2C(=O)OCC2[C@@H](C)OC(C)(C)C)n1)c1ccc(OC(F)F)c(F)c1. The highest BCUT2D eigenvalue weighted by atomic mass is 19.3. The van der Waals surface area contributed by atoms with Crippen LogP contribution in [0.3, 0.4) is 0 Å². The van der Waals surface area contributed by atoms with Crippen molar-refractivity contribution in [2.45, 2.75) is 65.0 Å². The fraction of sp³-hybridized carbons (Fsp3) is 0.500. The Morgan fingerprint density at radius 3 is 2.53 bits per heavy atom. The number of cyclic esters (lactones) is 1. The first-order valence-electron chi connectivity index (χ1n) is 10.5. The van der Waals surface area contributed by atoms with E-state index in [2.05, 4.69) is 20.0 Å². The molecule has 1 aliphatic heterocycles. The van der Waals surface area contributed by atoms with Gasteiger partial charge in [-0.25, -0.2) is 23.5 Å². The van der Waals surface area contributed by atoms with E-state index in [0.29, 0.717) is 5.56 Å². The van der Waals surface area contributed by atoms with Gasteiger partial charge in [-0.15, -0.1) is 0 Å². The van der Waals surface area contributed by atoms with Gasteiger partial charge >= 0.3 is 12.7 Å². The van der Waals surface area contributed by atoms with Crippen molar-refractivity contribution >= 4 is 17.9 Å². The standard InChI is InChI=1S/C22H26F4N4O4/c1-11(13-6-7-17(14(23)8-13)33-19(25)26)28-20-27-9-15(24)18(29-20)30-16(10-32-21(30)31)12(2)34-22(3,4)5/h6-9,11-12,16,19H,10H2,1-5H3,(H,27,28,29)/t11-,12+,16?/m0/s1. The van der Waals surface area contributed by atoms with E-state index < -0.39 is 53.9 Å². The average molecular weight is 486 g/mol. The van der Waals surface area contributed by atoms with Gasteiger partial charge in [-0.2, -0.15) is 13.8 Å². The Balaban J connectivity index is 1.81. The summed E-state index contributed by atoms with van der Waals surface area (Å²) in [5, 5.41) is 2.88. The summed E-state index contributed by atoms with van der Waals surface area (Å²) in [6.07, 6.45) is -0.370. The van der Waals surface area contributed by atoms with Crippen LogP contribution in [0.15, 0.2) is 24.4 Å². The zero-order chi connectivity index (χ0) is 25.2. The highest BCUT2D eigenvalue weighted by molar-refractivity contribution is 5.89. The highest BCUT2D eigenvalue weighted by Gasteiger charge is 2.41. The number of alkyl halides is 2. The number of rotatable bonds is 8. The van der Waals surface area contributed by atoms with Crippen molar-refractivity contribution in [2.24, 2.45) is 0 Å². The lowest BCUT2D eigenvalue weighted by Crippen LogP contribution is -2.45. The summed E-state index contributed by atoms with van der Waals surface area (Å²) < 4.78 is 68.5. The summed E-state index contributed by atoms with van der Waals surface area (Å²) in [4.78, 5) is 21.5.